The highest BCUT2D eigenvalue weighted by atomic mass is 16.2. The second kappa shape index (κ2) is 7.03. The Balaban J connectivity index is 1.36. The van der Waals surface area contributed by atoms with Gasteiger partial charge in [0.1, 0.15) is 6.04 Å². The Morgan fingerprint density at radius 2 is 1.86 bits per heavy atom. The maximum absolute atomic E-state index is 13.1. The van der Waals surface area contributed by atoms with E-state index in [1.807, 2.05) is 6.07 Å². The molecule has 5 rings (SSSR count). The molecule has 0 spiro atoms. The predicted molar refractivity (Wildman–Crippen MR) is 103 cm³/mol. The summed E-state index contributed by atoms with van der Waals surface area (Å²) in [4.78, 5) is 50.7. The van der Waals surface area contributed by atoms with Gasteiger partial charge < -0.3 is 10.6 Å². The molecule has 1 aromatic rings. The third-order valence-corrected chi connectivity index (χ3v) is 6.51. The van der Waals surface area contributed by atoms with Gasteiger partial charge in [-0.3, -0.25) is 29.4 Å². The van der Waals surface area contributed by atoms with Crippen molar-refractivity contribution in [3.8, 4) is 0 Å². The zero-order chi connectivity index (χ0) is 20.1. The molecule has 1 unspecified atom stereocenters. The first-order valence-electron chi connectivity index (χ1n) is 10.3. The molecule has 0 aromatic heterocycles. The van der Waals surface area contributed by atoms with E-state index in [1.165, 1.54) is 12.8 Å². The van der Waals surface area contributed by atoms with Crippen molar-refractivity contribution in [3.63, 3.8) is 0 Å². The van der Waals surface area contributed by atoms with Crippen LogP contribution in [-0.4, -0.2) is 53.2 Å². The van der Waals surface area contributed by atoms with Crippen LogP contribution in [0.4, 0.5) is 0 Å². The average Bonchev–Trinajstić information content (AvgIpc) is 3.39. The highest BCUT2D eigenvalue weighted by Crippen LogP contribution is 2.36. The van der Waals surface area contributed by atoms with Crippen LogP contribution in [0, 0.1) is 5.92 Å². The number of carbonyl (C=O) groups is 4. The number of piperidine rings is 1. The fourth-order valence-corrected chi connectivity index (χ4v) is 4.88. The van der Waals surface area contributed by atoms with Gasteiger partial charge in [0, 0.05) is 25.0 Å². The van der Waals surface area contributed by atoms with Crippen LogP contribution in [0.1, 0.15) is 58.4 Å². The molecule has 1 aliphatic carbocycles. The summed E-state index contributed by atoms with van der Waals surface area (Å²) in [6.45, 7) is 1.49. The number of nitrogens with zero attached hydrogens (tertiary/aromatic N) is 1. The lowest BCUT2D eigenvalue weighted by Crippen LogP contribution is -2.54. The van der Waals surface area contributed by atoms with E-state index < -0.39 is 23.8 Å². The summed E-state index contributed by atoms with van der Waals surface area (Å²) in [7, 11) is 0. The van der Waals surface area contributed by atoms with E-state index in [0.717, 1.165) is 29.3 Å². The summed E-state index contributed by atoms with van der Waals surface area (Å²) >= 11 is 0. The number of nitrogens with one attached hydrogen (secondary N) is 3. The molecule has 2 saturated heterocycles. The number of benzene rings is 1. The molecular weight excluding hydrogens is 372 g/mol. The number of hydrogen-bond donors (Lipinski definition) is 3. The Labute approximate surface area is 168 Å². The molecule has 3 N–H and O–H groups in total. The van der Waals surface area contributed by atoms with Gasteiger partial charge in [-0.25, -0.2) is 0 Å². The SMILES string of the molecule is O=C1CCC(N2C(=O)c3cccc(CN[C@@H]4CCN[C@H]4C4CC4)c3C2=O)C(=O)N1. The first-order chi connectivity index (χ1) is 14.0. The van der Waals surface area contributed by atoms with Crippen LogP contribution in [0.2, 0.25) is 0 Å². The number of imide groups is 2. The molecule has 8 heteroatoms. The molecule has 8 nitrogen and oxygen atoms in total. The van der Waals surface area contributed by atoms with E-state index in [9.17, 15) is 19.2 Å². The van der Waals surface area contributed by atoms with E-state index in [2.05, 4.69) is 16.0 Å². The van der Waals surface area contributed by atoms with Gasteiger partial charge in [0.05, 0.1) is 11.1 Å². The van der Waals surface area contributed by atoms with Crippen LogP contribution in [0.15, 0.2) is 18.2 Å². The summed E-state index contributed by atoms with van der Waals surface area (Å²) in [5.41, 5.74) is 1.49. The minimum absolute atomic E-state index is 0.120. The zero-order valence-corrected chi connectivity index (χ0v) is 16.1. The average molecular weight is 396 g/mol. The van der Waals surface area contributed by atoms with E-state index >= 15 is 0 Å². The van der Waals surface area contributed by atoms with Crippen molar-refractivity contribution in [2.24, 2.45) is 5.92 Å². The number of hydrogen-bond acceptors (Lipinski definition) is 6. The first kappa shape index (κ1) is 18.4. The van der Waals surface area contributed by atoms with Gasteiger partial charge in [-0.15, -0.1) is 0 Å². The topological polar surface area (TPSA) is 108 Å². The first-order valence-corrected chi connectivity index (χ1v) is 10.3. The molecular formula is C21H24N4O4. The number of amides is 4. The molecule has 3 atom stereocenters. The van der Waals surface area contributed by atoms with Crippen molar-refractivity contribution in [2.45, 2.75) is 56.8 Å². The van der Waals surface area contributed by atoms with Crippen LogP contribution >= 0.6 is 0 Å². The van der Waals surface area contributed by atoms with Gasteiger partial charge in [-0.2, -0.15) is 0 Å². The van der Waals surface area contributed by atoms with Crippen LogP contribution in [0.5, 0.6) is 0 Å². The fourth-order valence-electron chi connectivity index (χ4n) is 4.88. The van der Waals surface area contributed by atoms with E-state index in [0.29, 0.717) is 29.8 Å². The van der Waals surface area contributed by atoms with Gasteiger partial charge in [-0.05, 0) is 49.8 Å². The lowest BCUT2D eigenvalue weighted by Gasteiger charge is -2.27. The Morgan fingerprint density at radius 3 is 2.62 bits per heavy atom. The standard InChI is InChI=1S/C21H24N4O4/c26-16-7-6-15(19(27)24-16)25-20(28)13-3-1-2-12(17(13)21(25)29)10-23-14-8-9-22-18(14)11-4-5-11/h1-3,11,14-15,18,22-23H,4-10H2,(H,24,26,27)/t14-,15?,18+/m1/s1. The number of carbonyl (C=O) groups excluding carboxylic acids is 4. The fraction of sp³-hybridized carbons (Fsp3) is 0.524. The number of fused-ring (bicyclic) bond motifs is 1. The highest BCUT2D eigenvalue weighted by Gasteiger charge is 2.45. The smallest absolute Gasteiger partial charge is 0.262 e. The van der Waals surface area contributed by atoms with Gasteiger partial charge >= 0.3 is 0 Å². The van der Waals surface area contributed by atoms with E-state index in [-0.39, 0.29) is 18.7 Å². The van der Waals surface area contributed by atoms with Crippen LogP contribution in [0.25, 0.3) is 0 Å². The highest BCUT2D eigenvalue weighted by molar-refractivity contribution is 6.24. The molecule has 4 aliphatic rings. The van der Waals surface area contributed by atoms with Gasteiger partial charge in [0.15, 0.2) is 0 Å². The van der Waals surface area contributed by atoms with Crippen molar-refractivity contribution in [3.05, 3.63) is 34.9 Å². The van der Waals surface area contributed by atoms with Gasteiger partial charge in [0.2, 0.25) is 11.8 Å². The maximum Gasteiger partial charge on any atom is 0.262 e. The largest absolute Gasteiger partial charge is 0.312 e. The Kier molecular flexibility index (Phi) is 4.48. The quantitative estimate of drug-likeness (QED) is 0.619. The molecule has 3 heterocycles. The van der Waals surface area contributed by atoms with Crippen LogP contribution in [-0.2, 0) is 16.1 Å². The molecule has 0 radical (unpaired) electrons. The van der Waals surface area contributed by atoms with E-state index in [4.69, 9.17) is 0 Å². The summed E-state index contributed by atoms with van der Waals surface area (Å²) in [5, 5.41) is 9.37. The molecule has 3 fully saturated rings. The normalized spacial score (nSPS) is 29.4. The Hall–Kier alpha value is -2.58. The van der Waals surface area contributed by atoms with Crippen molar-refractivity contribution in [1.29, 1.82) is 0 Å². The van der Waals surface area contributed by atoms with Crippen LogP contribution in [0.3, 0.4) is 0 Å². The lowest BCUT2D eigenvalue weighted by atomic mass is 10.0. The van der Waals surface area contributed by atoms with Crippen molar-refractivity contribution in [1.82, 2.24) is 20.9 Å². The van der Waals surface area contributed by atoms with Crippen molar-refractivity contribution < 1.29 is 19.2 Å². The van der Waals surface area contributed by atoms with Gasteiger partial charge in [0.25, 0.3) is 11.8 Å². The van der Waals surface area contributed by atoms with E-state index in [1.54, 1.807) is 12.1 Å². The maximum atomic E-state index is 13.1. The summed E-state index contributed by atoms with van der Waals surface area (Å²) in [6, 6.07) is 5.18. The summed E-state index contributed by atoms with van der Waals surface area (Å²) in [6.07, 6.45) is 3.87. The number of rotatable bonds is 5. The molecule has 0 bridgehead atoms. The summed E-state index contributed by atoms with van der Waals surface area (Å²) < 4.78 is 0. The molecule has 3 aliphatic heterocycles. The van der Waals surface area contributed by atoms with Gasteiger partial charge in [-0.1, -0.05) is 12.1 Å². The Bertz CT molecular complexity index is 910. The third-order valence-electron chi connectivity index (χ3n) is 6.51. The monoisotopic (exact) mass is 396 g/mol. The third kappa shape index (κ3) is 3.16. The van der Waals surface area contributed by atoms with Crippen LogP contribution < -0.4 is 16.0 Å². The second-order valence-electron chi connectivity index (χ2n) is 8.38. The molecule has 152 valence electrons. The molecule has 4 amide bonds. The molecule has 1 saturated carbocycles. The van der Waals surface area contributed by atoms with Crippen molar-refractivity contribution in [2.75, 3.05) is 6.54 Å². The predicted octanol–water partition coefficient (Wildman–Crippen LogP) is 0.318. The molecule has 1 aromatic carbocycles. The zero-order valence-electron chi connectivity index (χ0n) is 16.1. The summed E-state index contributed by atoms with van der Waals surface area (Å²) in [5.74, 6) is -1.12. The minimum atomic E-state index is -0.931. The van der Waals surface area contributed by atoms with Crippen molar-refractivity contribution >= 4 is 23.6 Å². The molecule has 29 heavy (non-hydrogen) atoms. The lowest BCUT2D eigenvalue weighted by molar-refractivity contribution is -0.136. The minimum Gasteiger partial charge on any atom is -0.312 e. The second-order valence-corrected chi connectivity index (χ2v) is 8.38. The Morgan fingerprint density at radius 1 is 1.03 bits per heavy atom.